The molecule has 1 heterocycles. The van der Waals surface area contributed by atoms with Crippen LogP contribution in [0.15, 0.2) is 17.2 Å². The zero-order valence-electron chi connectivity index (χ0n) is 9.62. The average molecular weight is 221 g/mol. The molecule has 0 atom stereocenters. The Morgan fingerprint density at radius 1 is 1.40 bits per heavy atom. The number of thioether (sulfide) groups is 1. The summed E-state index contributed by atoms with van der Waals surface area (Å²) in [5, 5.41) is 0. The number of rotatable bonds is 5. The van der Waals surface area contributed by atoms with E-state index in [0.29, 0.717) is 0 Å². The first-order chi connectivity index (χ1) is 7.35. The highest BCUT2D eigenvalue weighted by Gasteiger charge is 2.24. The number of aryl methyl sites for hydroxylation is 1. The minimum absolute atomic E-state index is 0.824. The van der Waals surface area contributed by atoms with Crippen LogP contribution in [-0.2, 0) is 6.42 Å². The summed E-state index contributed by atoms with van der Waals surface area (Å²) in [5.41, 5.74) is 2.76. The van der Waals surface area contributed by atoms with E-state index in [1.54, 1.807) is 0 Å². The lowest BCUT2D eigenvalue weighted by atomic mass is 10.1. The second-order valence-electron chi connectivity index (χ2n) is 4.17. The van der Waals surface area contributed by atoms with Crippen LogP contribution in [0.1, 0.15) is 50.3 Å². The quantitative estimate of drug-likeness (QED) is 0.696. The third-order valence-corrected chi connectivity index (χ3v) is 3.74. The molecule has 0 saturated heterocycles. The van der Waals surface area contributed by atoms with Gasteiger partial charge in [-0.1, -0.05) is 20.3 Å². The minimum atomic E-state index is 0.824. The highest BCUT2D eigenvalue weighted by molar-refractivity contribution is 7.99. The van der Waals surface area contributed by atoms with Gasteiger partial charge in [0.15, 0.2) is 0 Å². The summed E-state index contributed by atoms with van der Waals surface area (Å²) in [5.74, 6) is 1.97. The van der Waals surface area contributed by atoms with Crippen molar-refractivity contribution in [2.45, 2.75) is 50.3 Å². The van der Waals surface area contributed by atoms with Crippen LogP contribution >= 0.6 is 11.8 Å². The number of hydrogen-bond donors (Lipinski definition) is 0. The summed E-state index contributed by atoms with van der Waals surface area (Å²) in [7, 11) is 0. The molecule has 2 heteroatoms. The van der Waals surface area contributed by atoms with Crippen LogP contribution in [0, 0.1) is 0 Å². The highest BCUT2D eigenvalue weighted by Crippen LogP contribution is 2.41. The molecule has 1 aliphatic rings. The second kappa shape index (κ2) is 5.02. The lowest BCUT2D eigenvalue weighted by molar-refractivity contribution is 0.847. The van der Waals surface area contributed by atoms with Crippen molar-refractivity contribution in [3.63, 3.8) is 0 Å². The van der Waals surface area contributed by atoms with E-state index in [-0.39, 0.29) is 0 Å². The molecule has 1 fully saturated rings. The van der Waals surface area contributed by atoms with E-state index in [2.05, 4.69) is 31.1 Å². The SMILES string of the molecule is CCCc1ncc(C2CC2)cc1SCC. The van der Waals surface area contributed by atoms with Gasteiger partial charge in [0.1, 0.15) is 0 Å². The maximum atomic E-state index is 4.63. The van der Waals surface area contributed by atoms with Gasteiger partial charge < -0.3 is 0 Å². The van der Waals surface area contributed by atoms with E-state index < -0.39 is 0 Å². The van der Waals surface area contributed by atoms with Crippen LogP contribution in [0.25, 0.3) is 0 Å². The molecule has 82 valence electrons. The Kier molecular flexibility index (Phi) is 3.68. The molecular weight excluding hydrogens is 202 g/mol. The lowest BCUT2D eigenvalue weighted by Crippen LogP contribution is -1.95. The van der Waals surface area contributed by atoms with Crippen molar-refractivity contribution in [2.75, 3.05) is 5.75 Å². The van der Waals surface area contributed by atoms with Gasteiger partial charge in [-0.2, -0.15) is 0 Å². The molecule has 0 N–H and O–H groups in total. The Bertz CT molecular complexity index is 331. The van der Waals surface area contributed by atoms with Crippen molar-refractivity contribution >= 4 is 11.8 Å². The van der Waals surface area contributed by atoms with E-state index in [0.717, 1.165) is 18.1 Å². The molecule has 1 aliphatic carbocycles. The maximum absolute atomic E-state index is 4.63. The molecule has 0 unspecified atom stereocenters. The topological polar surface area (TPSA) is 12.9 Å². The zero-order chi connectivity index (χ0) is 10.7. The van der Waals surface area contributed by atoms with E-state index in [1.807, 2.05) is 11.8 Å². The molecule has 1 aromatic heterocycles. The average Bonchev–Trinajstić information content (AvgIpc) is 3.05. The fourth-order valence-corrected chi connectivity index (χ4v) is 2.68. The molecule has 0 amide bonds. The minimum Gasteiger partial charge on any atom is -0.260 e. The lowest BCUT2D eigenvalue weighted by Gasteiger charge is -2.08. The van der Waals surface area contributed by atoms with Gasteiger partial charge in [-0.15, -0.1) is 11.8 Å². The molecule has 0 bridgehead atoms. The van der Waals surface area contributed by atoms with Gasteiger partial charge in [0, 0.05) is 11.1 Å². The Hall–Kier alpha value is -0.500. The predicted molar refractivity (Wildman–Crippen MR) is 66.6 cm³/mol. The molecule has 0 aliphatic heterocycles. The van der Waals surface area contributed by atoms with Gasteiger partial charge >= 0.3 is 0 Å². The molecular formula is C13H19NS. The molecule has 15 heavy (non-hydrogen) atoms. The normalized spacial score (nSPS) is 15.6. The van der Waals surface area contributed by atoms with E-state index in [9.17, 15) is 0 Å². The summed E-state index contributed by atoms with van der Waals surface area (Å²) < 4.78 is 0. The summed E-state index contributed by atoms with van der Waals surface area (Å²) >= 11 is 1.94. The van der Waals surface area contributed by atoms with Gasteiger partial charge in [0.25, 0.3) is 0 Å². The predicted octanol–water partition coefficient (Wildman–Crippen LogP) is 4.02. The first-order valence-electron chi connectivity index (χ1n) is 5.96. The third kappa shape index (κ3) is 2.75. The highest BCUT2D eigenvalue weighted by atomic mass is 32.2. The number of aromatic nitrogens is 1. The van der Waals surface area contributed by atoms with Crippen LogP contribution < -0.4 is 0 Å². The molecule has 0 radical (unpaired) electrons. The molecule has 0 spiro atoms. The van der Waals surface area contributed by atoms with Gasteiger partial charge in [-0.05, 0) is 42.6 Å². The monoisotopic (exact) mass is 221 g/mol. The van der Waals surface area contributed by atoms with Crippen molar-refractivity contribution in [2.24, 2.45) is 0 Å². The van der Waals surface area contributed by atoms with Gasteiger partial charge in [0.05, 0.1) is 5.69 Å². The van der Waals surface area contributed by atoms with Gasteiger partial charge in [0.2, 0.25) is 0 Å². The Labute approximate surface area is 96.7 Å². The summed E-state index contributed by atoms with van der Waals surface area (Å²) in [4.78, 5) is 6.05. The maximum Gasteiger partial charge on any atom is 0.0539 e. The Morgan fingerprint density at radius 2 is 2.20 bits per heavy atom. The van der Waals surface area contributed by atoms with E-state index in [1.165, 1.54) is 35.4 Å². The van der Waals surface area contributed by atoms with Crippen molar-refractivity contribution in [1.29, 1.82) is 0 Å². The standard InChI is InChI=1S/C13H19NS/c1-3-5-12-13(15-4-2)8-11(9-14-12)10-6-7-10/h8-10H,3-7H2,1-2H3. The number of nitrogens with zero attached hydrogens (tertiary/aromatic N) is 1. The molecule has 0 aromatic carbocycles. The van der Waals surface area contributed by atoms with Crippen molar-refractivity contribution in [3.05, 3.63) is 23.5 Å². The summed E-state index contributed by atoms with van der Waals surface area (Å²) in [6, 6.07) is 2.38. The summed E-state index contributed by atoms with van der Waals surface area (Å²) in [6.45, 7) is 4.43. The molecule has 1 aromatic rings. The zero-order valence-corrected chi connectivity index (χ0v) is 10.4. The largest absolute Gasteiger partial charge is 0.260 e. The first kappa shape index (κ1) is 11.0. The van der Waals surface area contributed by atoms with Crippen molar-refractivity contribution < 1.29 is 0 Å². The van der Waals surface area contributed by atoms with Gasteiger partial charge in [-0.25, -0.2) is 0 Å². The van der Waals surface area contributed by atoms with E-state index in [4.69, 9.17) is 0 Å². The van der Waals surface area contributed by atoms with Crippen LogP contribution in [0.5, 0.6) is 0 Å². The third-order valence-electron chi connectivity index (χ3n) is 2.79. The Balaban J connectivity index is 2.21. The molecule has 1 saturated carbocycles. The van der Waals surface area contributed by atoms with Crippen molar-refractivity contribution in [1.82, 2.24) is 4.98 Å². The van der Waals surface area contributed by atoms with Crippen LogP contribution in [-0.4, -0.2) is 10.7 Å². The number of hydrogen-bond acceptors (Lipinski definition) is 2. The smallest absolute Gasteiger partial charge is 0.0539 e. The van der Waals surface area contributed by atoms with Crippen molar-refractivity contribution in [3.8, 4) is 0 Å². The molecule has 2 rings (SSSR count). The summed E-state index contributed by atoms with van der Waals surface area (Å²) in [6.07, 6.45) is 7.14. The van der Waals surface area contributed by atoms with Crippen LogP contribution in [0.2, 0.25) is 0 Å². The second-order valence-corrected chi connectivity index (χ2v) is 5.48. The first-order valence-corrected chi connectivity index (χ1v) is 6.95. The fraction of sp³-hybridized carbons (Fsp3) is 0.615. The van der Waals surface area contributed by atoms with E-state index >= 15 is 0 Å². The molecule has 1 nitrogen and oxygen atoms in total. The fourth-order valence-electron chi connectivity index (χ4n) is 1.83. The van der Waals surface area contributed by atoms with Crippen LogP contribution in [0.4, 0.5) is 0 Å². The van der Waals surface area contributed by atoms with Gasteiger partial charge in [-0.3, -0.25) is 4.98 Å². The van der Waals surface area contributed by atoms with Crippen LogP contribution in [0.3, 0.4) is 0 Å². The number of pyridine rings is 1. The Morgan fingerprint density at radius 3 is 2.80 bits per heavy atom.